The van der Waals surface area contributed by atoms with Crippen molar-refractivity contribution in [2.24, 2.45) is 0 Å². The van der Waals surface area contributed by atoms with Crippen molar-refractivity contribution < 1.29 is 87.7 Å². The van der Waals surface area contributed by atoms with Crippen LogP contribution in [-0.2, 0) is 76.4 Å². The fourth-order valence-corrected chi connectivity index (χ4v) is 22.3. The molecule has 0 saturated heterocycles. The molecule has 1 aliphatic rings. The van der Waals surface area contributed by atoms with Crippen LogP contribution in [0.1, 0.15) is 160 Å². The van der Waals surface area contributed by atoms with E-state index in [2.05, 4.69) is 20.8 Å². The van der Waals surface area contributed by atoms with Gasteiger partial charge in [-0.1, -0.05) is 165 Å². The zero-order valence-electron chi connectivity index (χ0n) is 62.8. The van der Waals surface area contributed by atoms with E-state index in [0.29, 0.717) is 42.7 Å². The molecule has 4 N–H and O–H groups in total. The normalized spacial score (nSPS) is 14.1. The summed E-state index contributed by atoms with van der Waals surface area (Å²) < 4.78 is 232. The zero-order chi connectivity index (χ0) is 80.7. The highest BCUT2D eigenvalue weighted by molar-refractivity contribution is 7.99. The minimum Gasteiger partial charge on any atom is -0.488 e. The van der Waals surface area contributed by atoms with Gasteiger partial charge in [0.25, 0.3) is 40.5 Å². The summed E-state index contributed by atoms with van der Waals surface area (Å²) in [5.41, 5.74) is 0.705. The summed E-state index contributed by atoms with van der Waals surface area (Å²) in [7, 11) is -30.2. The summed E-state index contributed by atoms with van der Waals surface area (Å²) >= 11 is 1.46. The molecule has 10 aromatic carbocycles. The Morgan fingerprint density at radius 2 is 0.712 bits per heavy atom. The van der Waals surface area contributed by atoms with Gasteiger partial charge in [-0.15, -0.1) is 0 Å². The van der Waals surface area contributed by atoms with Crippen LogP contribution in [0.3, 0.4) is 0 Å². The van der Waals surface area contributed by atoms with Gasteiger partial charge in [0.1, 0.15) is 55.5 Å². The number of rotatable bonds is 32. The molecule has 0 radical (unpaired) electrons. The summed E-state index contributed by atoms with van der Waals surface area (Å²) in [6.07, 6.45) is 4.26. The molecule has 0 heterocycles. The lowest BCUT2D eigenvalue weighted by Crippen LogP contribution is -2.55. The lowest BCUT2D eigenvalue weighted by Gasteiger charge is -2.50. The SMILES string of the molecule is CCCC(C)(CC)c1ccc(S(=O)(=O)c2ccc(Oc3ccc(C4(c5ccc(OC(CC)(CC)C(CC)(CC)c6ccc(S(=O)(=O)c7ccc(Oc8ccc(Sc9ccc(OC(C)(CC)CC)cc9)cc8)c(S(=O)(=O)O)c7)cc6S(=O)(=O)O)cc5)c5ccccc5-c5ccccc54)cc3)c(S(=O)(=O)O)c2)cc1S(=O)(=O)O. The smallest absolute Gasteiger partial charge is 0.298 e. The molecule has 0 amide bonds. The van der Waals surface area contributed by atoms with E-state index < -0.39 is 133 Å². The van der Waals surface area contributed by atoms with Gasteiger partial charge in [0.05, 0.1) is 34.8 Å². The highest BCUT2D eigenvalue weighted by Gasteiger charge is 2.53. The second-order valence-electron chi connectivity index (χ2n) is 28.1. The van der Waals surface area contributed by atoms with Crippen LogP contribution in [0, 0.1) is 0 Å². The predicted octanol–water partition coefficient (Wildman–Crippen LogP) is 19.6. The van der Waals surface area contributed by atoms with Crippen molar-refractivity contribution in [1.82, 2.24) is 0 Å². The lowest BCUT2D eigenvalue weighted by molar-refractivity contribution is -0.0296. The molecule has 1 atom stereocenters. The van der Waals surface area contributed by atoms with E-state index >= 15 is 0 Å². The second kappa shape index (κ2) is 31.7. The summed E-state index contributed by atoms with van der Waals surface area (Å²) in [6, 6.07) is 56.6. The topological polar surface area (TPSA) is 323 Å². The third kappa shape index (κ3) is 16.1. The molecule has 0 bridgehead atoms. The van der Waals surface area contributed by atoms with Crippen molar-refractivity contribution >= 4 is 71.9 Å². The number of ether oxygens (including phenoxy) is 4. The first-order chi connectivity index (χ1) is 52.3. The maximum absolute atomic E-state index is 14.7. The molecule has 586 valence electrons. The van der Waals surface area contributed by atoms with Crippen LogP contribution in [0.15, 0.2) is 267 Å². The van der Waals surface area contributed by atoms with E-state index in [1.165, 1.54) is 36.0 Å². The van der Waals surface area contributed by atoms with E-state index in [-0.39, 0.29) is 53.9 Å². The molecule has 0 aromatic heterocycles. The minimum absolute atomic E-state index is 0.0539. The lowest BCUT2D eigenvalue weighted by atomic mass is 9.61. The van der Waals surface area contributed by atoms with Crippen LogP contribution >= 0.6 is 11.8 Å². The van der Waals surface area contributed by atoms with Gasteiger partial charge in [-0.05, 0) is 242 Å². The Morgan fingerprint density at radius 1 is 0.360 bits per heavy atom. The molecule has 1 unspecified atom stereocenters. The van der Waals surface area contributed by atoms with Gasteiger partial charge in [-0.2, -0.15) is 33.7 Å². The highest BCUT2D eigenvalue weighted by Crippen LogP contribution is 2.58. The van der Waals surface area contributed by atoms with Crippen molar-refractivity contribution in [3.8, 4) is 45.6 Å². The molecule has 20 nitrogen and oxygen atoms in total. The van der Waals surface area contributed by atoms with Crippen LogP contribution in [0.25, 0.3) is 11.1 Å². The first kappa shape index (κ1) is 83.2. The largest absolute Gasteiger partial charge is 0.488 e. The van der Waals surface area contributed by atoms with Crippen molar-refractivity contribution in [1.29, 1.82) is 0 Å². The third-order valence-corrected chi connectivity index (χ3v) is 30.1. The van der Waals surface area contributed by atoms with Gasteiger partial charge in [-0.3, -0.25) is 18.2 Å². The number of fused-ring (bicyclic) bond motifs is 3. The molecule has 0 aliphatic heterocycles. The first-order valence-corrected chi connectivity index (χ1v) is 45.8. The van der Waals surface area contributed by atoms with E-state index in [1.54, 1.807) is 60.7 Å². The molecular weight excluding hydrogens is 1550 g/mol. The maximum atomic E-state index is 14.7. The predicted molar refractivity (Wildman–Crippen MR) is 425 cm³/mol. The number of hydrogen-bond donors (Lipinski definition) is 4. The van der Waals surface area contributed by atoms with Gasteiger partial charge in [0.15, 0.2) is 0 Å². The molecule has 27 heteroatoms. The molecule has 0 fully saturated rings. The third-order valence-electron chi connectivity index (χ3n) is 22.1. The maximum Gasteiger partial charge on any atom is 0.298 e. The number of sulfone groups is 2. The average molecular weight is 1640 g/mol. The van der Waals surface area contributed by atoms with Crippen LogP contribution < -0.4 is 18.9 Å². The Labute approximate surface area is 655 Å². The van der Waals surface area contributed by atoms with Gasteiger partial charge < -0.3 is 18.9 Å². The van der Waals surface area contributed by atoms with Crippen LogP contribution in [0.5, 0.6) is 34.5 Å². The Hall–Kier alpha value is -8.71. The Morgan fingerprint density at radius 3 is 1.09 bits per heavy atom. The van der Waals surface area contributed by atoms with Crippen molar-refractivity contribution in [3.05, 3.63) is 252 Å². The quantitative estimate of drug-likeness (QED) is 0.0285. The Kier molecular flexibility index (Phi) is 23.8. The van der Waals surface area contributed by atoms with Crippen LogP contribution in [-0.4, -0.2) is 79.9 Å². The van der Waals surface area contributed by atoms with E-state index in [1.807, 2.05) is 133 Å². The summed E-state index contributed by atoms with van der Waals surface area (Å²) in [5.74, 6) is 0.488. The summed E-state index contributed by atoms with van der Waals surface area (Å²) in [6.45, 7) is 19.2. The Balaban J connectivity index is 0.890. The van der Waals surface area contributed by atoms with Crippen molar-refractivity contribution in [2.75, 3.05) is 0 Å². The number of hydrogen-bond acceptors (Lipinski definition) is 17. The van der Waals surface area contributed by atoms with Crippen LogP contribution in [0.2, 0.25) is 0 Å². The molecule has 111 heavy (non-hydrogen) atoms. The molecule has 11 rings (SSSR count). The molecular formula is C84H88O20S7. The monoisotopic (exact) mass is 1640 g/mol. The van der Waals surface area contributed by atoms with Gasteiger partial charge in [0.2, 0.25) is 19.7 Å². The number of benzene rings is 10. The van der Waals surface area contributed by atoms with Gasteiger partial charge in [0, 0.05) is 15.2 Å². The minimum atomic E-state index is -5.27. The second-order valence-corrected chi connectivity index (χ2v) is 38.7. The van der Waals surface area contributed by atoms with Gasteiger partial charge in [-0.25, -0.2) is 16.8 Å². The van der Waals surface area contributed by atoms with E-state index in [4.69, 9.17) is 18.9 Å². The molecule has 10 aromatic rings. The fraction of sp³-hybridized carbons (Fsp3) is 0.286. The standard InChI is InChI=1S/C84H88O20S7/c1-11-51-80(9,12-2)72-47-43-64(52-76(72)108(89,90)91)106(85,86)66-45-49-74(78(54-66)110(95,96)97)101-58-31-27-56(28-32-58)84(70-25-21-19-23-68(70)69-24-20-22-26-71(69)84)57-29-33-61(34-30-57)104-83(17-7,18-8)82(15-5,16-6)73-48-44-65(53-77(73)109(92,93)94)107(87,88)67-46-50-75(79(55-67)111(98,99)100)102-59-35-39-62(40-36-59)105-63-41-37-60(38-42-63)103-81(10,13-3)14-4/h19-50,52-55H,11-18,51H2,1-10H3,(H,89,90,91)(H,92,93,94)(H,95,96,97)(H,98,99,100). The molecule has 0 spiro atoms. The van der Waals surface area contributed by atoms with E-state index in [0.717, 1.165) is 92.6 Å². The fourth-order valence-electron chi connectivity index (χ4n) is 15.6. The van der Waals surface area contributed by atoms with Crippen molar-refractivity contribution in [2.45, 2.75) is 203 Å². The Bertz CT molecular complexity index is 5840. The summed E-state index contributed by atoms with van der Waals surface area (Å²) in [5, 5.41) is 0. The highest BCUT2D eigenvalue weighted by atomic mass is 32.2. The molecule has 0 saturated carbocycles. The zero-order valence-corrected chi connectivity index (χ0v) is 68.5. The summed E-state index contributed by atoms with van der Waals surface area (Å²) in [4.78, 5) is -3.88. The first-order valence-electron chi connectivity index (χ1n) is 36.3. The van der Waals surface area contributed by atoms with Crippen LogP contribution in [0.4, 0.5) is 0 Å². The van der Waals surface area contributed by atoms with Gasteiger partial charge >= 0.3 is 0 Å². The van der Waals surface area contributed by atoms with E-state index in [9.17, 15) is 68.7 Å². The average Bonchev–Trinajstić information content (AvgIpc) is 1.67. The van der Waals surface area contributed by atoms with Crippen molar-refractivity contribution in [3.63, 3.8) is 0 Å². The molecule has 1 aliphatic carbocycles.